The second-order valence-electron chi connectivity index (χ2n) is 8.65. The molecule has 0 fully saturated rings. The van der Waals surface area contributed by atoms with E-state index in [0.29, 0.717) is 28.8 Å². The van der Waals surface area contributed by atoms with Crippen molar-refractivity contribution in [3.63, 3.8) is 0 Å². The second kappa shape index (κ2) is 9.70. The molecule has 1 aliphatic heterocycles. The standard InChI is InChI=1S/C25H20F3N7O4/c1-2-32-23-18(14-29-34(23)16-8-4-3-5-9-16)20(15-7-6-10-17(13-15)35(38)39)21(24(32)37)30-22(36)19-11-12-33(31-19)25(26,27)28/h3-14,20-21H,2H2,1H3,(H,30,36)/t20-,21+/m1/s1. The van der Waals surface area contributed by atoms with Crippen molar-refractivity contribution in [2.75, 3.05) is 11.4 Å². The van der Waals surface area contributed by atoms with Gasteiger partial charge in [-0.15, -0.1) is 13.2 Å². The minimum absolute atomic E-state index is 0.182. The molecule has 0 radical (unpaired) electrons. The van der Waals surface area contributed by atoms with Crippen LogP contribution in [0, 0.1) is 10.1 Å². The first-order valence-electron chi connectivity index (χ1n) is 11.7. The summed E-state index contributed by atoms with van der Waals surface area (Å²) in [6.07, 6.45) is -2.72. The molecule has 0 saturated heterocycles. The van der Waals surface area contributed by atoms with Crippen molar-refractivity contribution in [1.82, 2.24) is 24.9 Å². The number of carbonyl (C=O) groups excluding carboxylic acids is 2. The van der Waals surface area contributed by atoms with Crippen LogP contribution in [-0.2, 0) is 11.1 Å². The number of para-hydroxylation sites is 1. The number of amides is 2. The molecule has 14 heteroatoms. The molecule has 3 heterocycles. The number of likely N-dealkylation sites (N-methyl/N-ethyl adjacent to an activating group) is 1. The lowest BCUT2D eigenvalue weighted by molar-refractivity contribution is -0.384. The van der Waals surface area contributed by atoms with Gasteiger partial charge in [0.15, 0.2) is 0 Å². The molecule has 1 aliphatic rings. The quantitative estimate of drug-likeness (QED) is 0.294. The Labute approximate surface area is 218 Å². The van der Waals surface area contributed by atoms with Crippen molar-refractivity contribution in [2.45, 2.75) is 25.2 Å². The third-order valence-corrected chi connectivity index (χ3v) is 6.35. The van der Waals surface area contributed by atoms with E-state index in [-0.39, 0.29) is 16.9 Å². The first-order valence-corrected chi connectivity index (χ1v) is 11.7. The van der Waals surface area contributed by atoms with Gasteiger partial charge in [-0.1, -0.05) is 30.3 Å². The molecule has 4 aromatic rings. The van der Waals surface area contributed by atoms with Gasteiger partial charge < -0.3 is 5.32 Å². The van der Waals surface area contributed by atoms with Crippen molar-refractivity contribution >= 4 is 23.3 Å². The number of nitro groups is 1. The van der Waals surface area contributed by atoms with E-state index in [1.807, 2.05) is 6.07 Å². The molecule has 0 spiro atoms. The Morgan fingerprint density at radius 3 is 2.51 bits per heavy atom. The first-order chi connectivity index (χ1) is 18.6. The van der Waals surface area contributed by atoms with Gasteiger partial charge in [-0.2, -0.15) is 14.9 Å². The summed E-state index contributed by atoms with van der Waals surface area (Å²) >= 11 is 0. The van der Waals surface area contributed by atoms with Crippen LogP contribution >= 0.6 is 0 Å². The van der Waals surface area contributed by atoms with Crippen molar-refractivity contribution in [2.24, 2.45) is 0 Å². The van der Waals surface area contributed by atoms with Gasteiger partial charge in [0.25, 0.3) is 17.5 Å². The largest absolute Gasteiger partial charge is 0.504 e. The van der Waals surface area contributed by atoms with Crippen LogP contribution in [-0.4, -0.2) is 48.9 Å². The summed E-state index contributed by atoms with van der Waals surface area (Å²) in [7, 11) is 0. The van der Waals surface area contributed by atoms with E-state index in [1.54, 1.807) is 41.9 Å². The van der Waals surface area contributed by atoms with E-state index in [9.17, 15) is 32.9 Å². The average molecular weight is 539 g/mol. The van der Waals surface area contributed by atoms with Crippen LogP contribution in [0.3, 0.4) is 0 Å². The molecule has 2 aromatic heterocycles. The minimum atomic E-state index is -4.83. The van der Waals surface area contributed by atoms with Gasteiger partial charge in [-0.3, -0.25) is 24.6 Å². The Balaban J connectivity index is 1.63. The molecule has 5 rings (SSSR count). The molecule has 2 amide bonds. The van der Waals surface area contributed by atoms with Crippen LogP contribution in [0.15, 0.2) is 73.1 Å². The van der Waals surface area contributed by atoms with E-state index >= 15 is 0 Å². The smallest absolute Gasteiger partial charge is 0.338 e. The van der Waals surface area contributed by atoms with Crippen LogP contribution < -0.4 is 10.2 Å². The van der Waals surface area contributed by atoms with Gasteiger partial charge in [-0.05, 0) is 30.7 Å². The van der Waals surface area contributed by atoms with E-state index < -0.39 is 40.7 Å². The summed E-state index contributed by atoms with van der Waals surface area (Å²) in [5.74, 6) is -2.11. The number of alkyl halides is 3. The summed E-state index contributed by atoms with van der Waals surface area (Å²) < 4.78 is 40.3. The van der Waals surface area contributed by atoms with Gasteiger partial charge in [-0.25, -0.2) is 4.68 Å². The predicted octanol–water partition coefficient (Wildman–Crippen LogP) is 3.75. The highest BCUT2D eigenvalue weighted by Crippen LogP contribution is 2.42. The molecule has 11 nitrogen and oxygen atoms in total. The van der Waals surface area contributed by atoms with Crippen LogP contribution in [0.5, 0.6) is 0 Å². The van der Waals surface area contributed by atoms with Crippen molar-refractivity contribution in [1.29, 1.82) is 0 Å². The fraction of sp³-hybridized carbons (Fsp3) is 0.200. The van der Waals surface area contributed by atoms with Crippen molar-refractivity contribution in [3.05, 3.63) is 100.0 Å². The number of hydrogen-bond donors (Lipinski definition) is 1. The summed E-state index contributed by atoms with van der Waals surface area (Å²) in [5, 5.41) is 21.8. The maximum Gasteiger partial charge on any atom is 0.504 e. The molecule has 0 aliphatic carbocycles. The van der Waals surface area contributed by atoms with Gasteiger partial charge in [0.2, 0.25) is 0 Å². The molecule has 39 heavy (non-hydrogen) atoms. The number of benzene rings is 2. The number of anilines is 1. The van der Waals surface area contributed by atoms with E-state index in [4.69, 9.17) is 0 Å². The van der Waals surface area contributed by atoms with Gasteiger partial charge >= 0.3 is 6.30 Å². The van der Waals surface area contributed by atoms with Crippen LogP contribution in [0.4, 0.5) is 24.7 Å². The number of aromatic nitrogens is 4. The summed E-state index contributed by atoms with van der Waals surface area (Å²) in [6, 6.07) is 14.2. The lowest BCUT2D eigenvalue weighted by atomic mass is 9.82. The maximum absolute atomic E-state index is 13.9. The zero-order valence-electron chi connectivity index (χ0n) is 20.2. The van der Waals surface area contributed by atoms with E-state index in [2.05, 4.69) is 15.5 Å². The number of nitrogens with one attached hydrogen (secondary N) is 1. The molecule has 0 unspecified atom stereocenters. The van der Waals surface area contributed by atoms with Gasteiger partial charge in [0.05, 0.1) is 16.8 Å². The number of rotatable bonds is 6. The van der Waals surface area contributed by atoms with Crippen LogP contribution in [0.2, 0.25) is 0 Å². The van der Waals surface area contributed by atoms with Gasteiger partial charge in [0, 0.05) is 36.4 Å². The molecule has 2 aromatic carbocycles. The summed E-state index contributed by atoms with van der Waals surface area (Å²) in [6.45, 7) is 1.91. The highest BCUT2D eigenvalue weighted by molar-refractivity contribution is 6.04. The average Bonchev–Trinajstić information content (AvgIpc) is 3.58. The number of nitro benzene ring substituents is 1. The highest BCUT2D eigenvalue weighted by Gasteiger charge is 2.45. The molecule has 0 bridgehead atoms. The van der Waals surface area contributed by atoms with E-state index in [0.717, 1.165) is 6.07 Å². The van der Waals surface area contributed by atoms with Crippen molar-refractivity contribution < 1.29 is 27.7 Å². The molecule has 1 N–H and O–H groups in total. The topological polar surface area (TPSA) is 128 Å². The maximum atomic E-state index is 13.9. The fourth-order valence-electron chi connectivity index (χ4n) is 4.65. The second-order valence-corrected chi connectivity index (χ2v) is 8.65. The summed E-state index contributed by atoms with van der Waals surface area (Å²) in [5.41, 5.74) is 0.707. The number of non-ortho nitro benzene ring substituents is 1. The number of fused-ring (bicyclic) bond motifs is 1. The van der Waals surface area contributed by atoms with Crippen molar-refractivity contribution in [3.8, 4) is 5.69 Å². The third-order valence-electron chi connectivity index (χ3n) is 6.35. The zero-order valence-corrected chi connectivity index (χ0v) is 20.2. The number of carbonyl (C=O) groups is 2. The number of hydrogen-bond acceptors (Lipinski definition) is 6. The SMILES string of the molecule is CCN1C(=O)[C@@H](NC(=O)c2ccn(C(F)(F)F)n2)[C@H](c2cccc([N+](=O)[O-])c2)c2cnn(-c3ccccc3)c21. The Morgan fingerprint density at radius 1 is 1.13 bits per heavy atom. The Kier molecular flexibility index (Phi) is 6.38. The predicted molar refractivity (Wildman–Crippen MR) is 131 cm³/mol. The van der Waals surface area contributed by atoms with Crippen LogP contribution in [0.25, 0.3) is 5.69 Å². The Morgan fingerprint density at radius 2 is 1.87 bits per heavy atom. The Bertz CT molecular complexity index is 1570. The molecule has 2 atom stereocenters. The molecular formula is C25H20F3N7O4. The van der Waals surface area contributed by atoms with Gasteiger partial charge in [0.1, 0.15) is 17.6 Å². The molecule has 0 saturated carbocycles. The molecular weight excluding hydrogens is 519 g/mol. The first kappa shape index (κ1) is 25.6. The third kappa shape index (κ3) is 4.60. The normalized spacial score (nSPS) is 17.1. The number of halogens is 3. The zero-order chi connectivity index (χ0) is 27.9. The number of nitrogens with zero attached hydrogens (tertiary/aromatic N) is 6. The lowest BCUT2D eigenvalue weighted by Gasteiger charge is -2.38. The van der Waals surface area contributed by atoms with E-state index in [1.165, 1.54) is 29.3 Å². The minimum Gasteiger partial charge on any atom is -0.338 e. The monoisotopic (exact) mass is 539 g/mol. The molecule has 200 valence electrons. The lowest BCUT2D eigenvalue weighted by Crippen LogP contribution is -2.55. The summed E-state index contributed by atoms with van der Waals surface area (Å²) in [4.78, 5) is 39.2. The van der Waals surface area contributed by atoms with Crippen LogP contribution in [0.1, 0.15) is 34.5 Å². The highest BCUT2D eigenvalue weighted by atomic mass is 19.4. The Hall–Kier alpha value is -5.01. The fourth-order valence-corrected chi connectivity index (χ4v) is 4.65.